The van der Waals surface area contributed by atoms with E-state index in [0.717, 1.165) is 15.7 Å². The number of halogens is 1. The van der Waals surface area contributed by atoms with Gasteiger partial charge < -0.3 is 5.32 Å². The molecule has 1 aromatic heterocycles. The Labute approximate surface area is 160 Å². The van der Waals surface area contributed by atoms with Gasteiger partial charge in [-0.3, -0.25) is 10.1 Å². The van der Waals surface area contributed by atoms with Crippen LogP contribution in [0.5, 0.6) is 0 Å². The maximum absolute atomic E-state index is 12.6. The molecule has 3 rings (SSSR count). The van der Waals surface area contributed by atoms with Gasteiger partial charge in [-0.1, -0.05) is 52.3 Å². The predicted octanol–water partition coefficient (Wildman–Crippen LogP) is 5.22. The topological polar surface area (TPSA) is 41.1 Å². The molecule has 2 N–H and O–H groups in total. The zero-order valence-electron chi connectivity index (χ0n) is 13.8. The monoisotopic (exact) mass is 414 g/mol. The van der Waals surface area contributed by atoms with Gasteiger partial charge in [0.2, 0.25) is 5.91 Å². The third-order valence-corrected chi connectivity index (χ3v) is 5.35. The van der Waals surface area contributed by atoms with Gasteiger partial charge in [0, 0.05) is 15.0 Å². The van der Waals surface area contributed by atoms with E-state index in [-0.39, 0.29) is 18.0 Å². The van der Waals surface area contributed by atoms with E-state index in [4.69, 9.17) is 0 Å². The van der Waals surface area contributed by atoms with Crippen molar-refractivity contribution in [3.8, 4) is 0 Å². The van der Waals surface area contributed by atoms with E-state index in [9.17, 15) is 4.79 Å². The molecule has 0 spiro atoms. The summed E-state index contributed by atoms with van der Waals surface area (Å²) in [5.74, 6) is -0.0557. The van der Waals surface area contributed by atoms with E-state index in [1.807, 2.05) is 55.5 Å². The summed E-state index contributed by atoms with van der Waals surface area (Å²) in [6.07, 6.45) is 0. The van der Waals surface area contributed by atoms with Crippen molar-refractivity contribution >= 4 is 38.9 Å². The number of benzene rings is 2. The molecule has 0 fully saturated rings. The van der Waals surface area contributed by atoms with Crippen LogP contribution in [0, 0.1) is 0 Å². The van der Waals surface area contributed by atoms with Crippen LogP contribution in [0.15, 0.2) is 76.6 Å². The molecule has 5 heteroatoms. The number of anilines is 1. The van der Waals surface area contributed by atoms with Crippen molar-refractivity contribution in [2.24, 2.45) is 0 Å². The molecule has 128 valence electrons. The molecule has 2 atom stereocenters. The largest absolute Gasteiger partial charge is 0.325 e. The summed E-state index contributed by atoms with van der Waals surface area (Å²) in [6.45, 7) is 1.89. The highest BCUT2D eigenvalue weighted by Crippen LogP contribution is 2.26. The van der Waals surface area contributed by atoms with Crippen LogP contribution in [-0.2, 0) is 4.79 Å². The second-order valence-corrected chi connectivity index (χ2v) is 7.64. The zero-order valence-corrected chi connectivity index (χ0v) is 16.2. The van der Waals surface area contributed by atoms with Gasteiger partial charge in [0.05, 0.1) is 12.1 Å². The first-order valence-corrected chi connectivity index (χ1v) is 9.71. The van der Waals surface area contributed by atoms with Gasteiger partial charge in [0.25, 0.3) is 0 Å². The van der Waals surface area contributed by atoms with E-state index >= 15 is 0 Å². The number of carbonyl (C=O) groups excluding carboxylic acids is 1. The second kappa shape index (κ2) is 8.43. The first kappa shape index (κ1) is 17.9. The summed E-state index contributed by atoms with van der Waals surface area (Å²) < 4.78 is 0.985. The summed E-state index contributed by atoms with van der Waals surface area (Å²) >= 11 is 5.08. The Balaban J connectivity index is 1.72. The van der Waals surface area contributed by atoms with Crippen molar-refractivity contribution in [1.82, 2.24) is 5.32 Å². The minimum atomic E-state index is -0.337. The van der Waals surface area contributed by atoms with Crippen LogP contribution in [0.1, 0.15) is 23.4 Å². The van der Waals surface area contributed by atoms with Gasteiger partial charge in [0.1, 0.15) is 0 Å². The molecule has 0 unspecified atom stereocenters. The lowest BCUT2D eigenvalue weighted by Crippen LogP contribution is -2.40. The molecule has 1 amide bonds. The summed E-state index contributed by atoms with van der Waals surface area (Å²) in [5.41, 5.74) is 1.93. The average molecular weight is 415 g/mol. The average Bonchev–Trinajstić information content (AvgIpc) is 3.16. The second-order valence-electron chi connectivity index (χ2n) is 5.74. The highest BCUT2D eigenvalue weighted by molar-refractivity contribution is 9.10. The molecular formula is C20H19BrN2OS. The van der Waals surface area contributed by atoms with Crippen LogP contribution < -0.4 is 10.6 Å². The van der Waals surface area contributed by atoms with Gasteiger partial charge >= 0.3 is 0 Å². The van der Waals surface area contributed by atoms with Crippen molar-refractivity contribution < 1.29 is 4.79 Å². The standard InChI is InChI=1S/C20H19BrN2OS/c1-14(20(24)23-17-11-9-16(21)10-12-17)22-19(18-8-5-13-25-18)15-6-3-2-4-7-15/h2-14,19,22H,1H3,(H,23,24)/t14-,19+/m1/s1. The van der Waals surface area contributed by atoms with E-state index < -0.39 is 0 Å². The molecule has 0 saturated heterocycles. The molecule has 3 aromatic rings. The Morgan fingerprint density at radius 3 is 2.36 bits per heavy atom. The van der Waals surface area contributed by atoms with E-state index in [2.05, 4.69) is 50.1 Å². The fourth-order valence-corrected chi connectivity index (χ4v) is 3.63. The zero-order chi connectivity index (χ0) is 17.6. The normalized spacial score (nSPS) is 13.2. The molecule has 0 saturated carbocycles. The predicted molar refractivity (Wildman–Crippen MR) is 108 cm³/mol. The minimum absolute atomic E-state index is 0.00753. The summed E-state index contributed by atoms with van der Waals surface area (Å²) in [7, 11) is 0. The number of hydrogen-bond acceptors (Lipinski definition) is 3. The molecule has 1 heterocycles. The summed E-state index contributed by atoms with van der Waals surface area (Å²) in [6, 6.07) is 21.5. The van der Waals surface area contributed by atoms with Crippen molar-refractivity contribution in [2.45, 2.75) is 19.0 Å². The third-order valence-electron chi connectivity index (χ3n) is 3.88. The molecule has 3 nitrogen and oxygen atoms in total. The highest BCUT2D eigenvalue weighted by atomic mass is 79.9. The van der Waals surface area contributed by atoms with Gasteiger partial charge in [-0.05, 0) is 48.2 Å². The van der Waals surface area contributed by atoms with Crippen LogP contribution in [0.2, 0.25) is 0 Å². The first-order valence-electron chi connectivity index (χ1n) is 8.04. The lowest BCUT2D eigenvalue weighted by molar-refractivity contribution is -0.117. The number of amides is 1. The highest BCUT2D eigenvalue weighted by Gasteiger charge is 2.21. The molecular weight excluding hydrogens is 396 g/mol. The van der Waals surface area contributed by atoms with Crippen molar-refractivity contribution in [3.05, 3.63) is 87.0 Å². The molecule has 25 heavy (non-hydrogen) atoms. The smallest absolute Gasteiger partial charge is 0.241 e. The number of rotatable bonds is 6. The van der Waals surface area contributed by atoms with Crippen LogP contribution in [-0.4, -0.2) is 11.9 Å². The molecule has 0 radical (unpaired) electrons. The quantitative estimate of drug-likeness (QED) is 0.580. The van der Waals surface area contributed by atoms with Crippen LogP contribution in [0.25, 0.3) is 0 Å². The fraction of sp³-hybridized carbons (Fsp3) is 0.150. The number of nitrogens with one attached hydrogen (secondary N) is 2. The molecule has 0 aliphatic heterocycles. The summed E-state index contributed by atoms with van der Waals surface area (Å²) in [5, 5.41) is 8.46. The van der Waals surface area contributed by atoms with Crippen LogP contribution in [0.3, 0.4) is 0 Å². The van der Waals surface area contributed by atoms with Gasteiger partial charge in [0.15, 0.2) is 0 Å². The van der Waals surface area contributed by atoms with Crippen molar-refractivity contribution in [3.63, 3.8) is 0 Å². The Bertz CT molecular complexity index is 803. The minimum Gasteiger partial charge on any atom is -0.325 e. The third kappa shape index (κ3) is 4.78. The molecule has 0 aliphatic rings. The summed E-state index contributed by atoms with van der Waals surface area (Å²) in [4.78, 5) is 13.7. The number of carbonyl (C=O) groups is 1. The van der Waals surface area contributed by atoms with E-state index in [1.54, 1.807) is 11.3 Å². The Morgan fingerprint density at radius 2 is 1.72 bits per heavy atom. The molecule has 0 bridgehead atoms. The van der Waals surface area contributed by atoms with Gasteiger partial charge in [-0.2, -0.15) is 0 Å². The SMILES string of the molecule is C[C@@H](N[C@@H](c1ccccc1)c1cccs1)C(=O)Nc1ccc(Br)cc1. The molecule has 2 aromatic carbocycles. The maximum Gasteiger partial charge on any atom is 0.241 e. The number of hydrogen-bond donors (Lipinski definition) is 2. The Morgan fingerprint density at radius 1 is 1.00 bits per heavy atom. The lowest BCUT2D eigenvalue weighted by atomic mass is 10.0. The molecule has 0 aliphatic carbocycles. The Kier molecular flexibility index (Phi) is 6.02. The maximum atomic E-state index is 12.6. The van der Waals surface area contributed by atoms with Crippen LogP contribution >= 0.6 is 27.3 Å². The van der Waals surface area contributed by atoms with Crippen molar-refractivity contribution in [2.75, 3.05) is 5.32 Å². The van der Waals surface area contributed by atoms with Crippen molar-refractivity contribution in [1.29, 1.82) is 0 Å². The fourth-order valence-electron chi connectivity index (χ4n) is 2.55. The van der Waals surface area contributed by atoms with Gasteiger partial charge in [-0.15, -0.1) is 11.3 Å². The lowest BCUT2D eigenvalue weighted by Gasteiger charge is -2.22. The van der Waals surface area contributed by atoms with E-state index in [0.29, 0.717) is 0 Å². The number of thiophene rings is 1. The van der Waals surface area contributed by atoms with Crippen LogP contribution in [0.4, 0.5) is 5.69 Å². The first-order chi connectivity index (χ1) is 12.1. The Hall–Kier alpha value is -1.95. The van der Waals surface area contributed by atoms with E-state index in [1.165, 1.54) is 4.88 Å². The van der Waals surface area contributed by atoms with Gasteiger partial charge in [-0.25, -0.2) is 0 Å².